The average molecular weight is 639 g/mol. The van der Waals surface area contributed by atoms with Crippen LogP contribution in [0.4, 0.5) is 17.1 Å². The van der Waals surface area contributed by atoms with E-state index in [0.717, 1.165) is 22.7 Å². The molecule has 0 radical (unpaired) electrons. The molecule has 2 heteroatoms. The predicted molar refractivity (Wildman–Crippen MR) is 212 cm³/mol. The summed E-state index contributed by atoms with van der Waals surface area (Å²) < 4.78 is 2.46. The maximum Gasteiger partial charge on any atom is 0.0619 e. The standard InChI is InChI=1S/C48H34N2/c1-5-16-37(17-6-1)47-45-32-28-40(36-25-29-43(30-26-36)49(41-21-9-3-10-22-41)42-23-11-4-12-24-42)34-46(45)50(48(47)38-18-7-2-8-19-38)44-31-27-35-15-13-14-20-39(35)33-44/h1-34H. The summed E-state index contributed by atoms with van der Waals surface area (Å²) in [6.45, 7) is 0. The van der Waals surface area contributed by atoms with Crippen molar-refractivity contribution in [2.75, 3.05) is 4.90 Å². The van der Waals surface area contributed by atoms with Crippen molar-refractivity contribution < 1.29 is 0 Å². The largest absolute Gasteiger partial charge is 0.311 e. The van der Waals surface area contributed by atoms with E-state index in [-0.39, 0.29) is 0 Å². The third kappa shape index (κ3) is 5.34. The van der Waals surface area contributed by atoms with Gasteiger partial charge in [-0.25, -0.2) is 0 Å². The van der Waals surface area contributed by atoms with E-state index in [0.29, 0.717) is 0 Å². The Hall–Kier alpha value is -6.64. The molecular formula is C48H34N2. The van der Waals surface area contributed by atoms with Crippen molar-refractivity contribution in [3.8, 4) is 39.2 Å². The Kier molecular flexibility index (Phi) is 7.53. The number of hydrogen-bond acceptors (Lipinski definition) is 1. The van der Waals surface area contributed by atoms with Crippen molar-refractivity contribution >= 4 is 38.7 Å². The molecule has 0 saturated heterocycles. The molecule has 0 aliphatic rings. The van der Waals surface area contributed by atoms with Crippen LogP contribution in [0, 0.1) is 0 Å². The van der Waals surface area contributed by atoms with Crippen LogP contribution in [0.15, 0.2) is 206 Å². The van der Waals surface area contributed by atoms with E-state index < -0.39 is 0 Å². The molecule has 0 fully saturated rings. The summed E-state index contributed by atoms with van der Waals surface area (Å²) in [5.74, 6) is 0. The fourth-order valence-corrected chi connectivity index (χ4v) is 7.22. The maximum atomic E-state index is 2.46. The lowest BCUT2D eigenvalue weighted by Crippen LogP contribution is -2.09. The van der Waals surface area contributed by atoms with E-state index in [1.807, 2.05) is 0 Å². The average Bonchev–Trinajstić information content (AvgIpc) is 3.54. The van der Waals surface area contributed by atoms with E-state index in [4.69, 9.17) is 0 Å². The molecule has 0 unspecified atom stereocenters. The Balaban J connectivity index is 1.24. The maximum absolute atomic E-state index is 2.46. The summed E-state index contributed by atoms with van der Waals surface area (Å²) >= 11 is 0. The molecule has 50 heavy (non-hydrogen) atoms. The number of nitrogens with zero attached hydrogens (tertiary/aromatic N) is 2. The molecule has 0 bridgehead atoms. The van der Waals surface area contributed by atoms with Gasteiger partial charge in [0, 0.05) is 33.7 Å². The molecule has 0 aliphatic carbocycles. The first-order valence-electron chi connectivity index (χ1n) is 17.1. The Labute approximate surface area is 292 Å². The minimum absolute atomic E-state index is 1.12. The lowest BCUT2D eigenvalue weighted by molar-refractivity contribution is 1.14. The Morgan fingerprint density at radius 3 is 1.50 bits per heavy atom. The number of fused-ring (bicyclic) bond motifs is 2. The highest BCUT2D eigenvalue weighted by molar-refractivity contribution is 6.07. The van der Waals surface area contributed by atoms with Crippen molar-refractivity contribution in [2.45, 2.75) is 0 Å². The molecule has 0 saturated carbocycles. The second kappa shape index (κ2) is 12.8. The first-order chi connectivity index (χ1) is 24.8. The zero-order valence-corrected chi connectivity index (χ0v) is 27.5. The quantitative estimate of drug-likeness (QED) is 0.169. The Morgan fingerprint density at radius 2 is 0.860 bits per heavy atom. The van der Waals surface area contributed by atoms with E-state index in [1.165, 1.54) is 55.2 Å². The van der Waals surface area contributed by atoms with Crippen LogP contribution in [0.5, 0.6) is 0 Å². The van der Waals surface area contributed by atoms with Crippen molar-refractivity contribution in [3.63, 3.8) is 0 Å². The molecule has 236 valence electrons. The van der Waals surface area contributed by atoms with Crippen LogP contribution in [-0.2, 0) is 0 Å². The Morgan fingerprint density at radius 1 is 0.340 bits per heavy atom. The van der Waals surface area contributed by atoms with Gasteiger partial charge in [-0.1, -0.05) is 152 Å². The van der Waals surface area contributed by atoms with Gasteiger partial charge in [-0.15, -0.1) is 0 Å². The lowest BCUT2D eigenvalue weighted by Gasteiger charge is -2.25. The zero-order chi connectivity index (χ0) is 33.3. The predicted octanol–water partition coefficient (Wildman–Crippen LogP) is 13.3. The first-order valence-corrected chi connectivity index (χ1v) is 17.1. The van der Waals surface area contributed by atoms with Gasteiger partial charge in [0.1, 0.15) is 0 Å². The number of benzene rings is 8. The van der Waals surface area contributed by atoms with Gasteiger partial charge in [-0.05, 0) is 87.6 Å². The number of rotatable bonds is 7. The van der Waals surface area contributed by atoms with E-state index in [1.54, 1.807) is 0 Å². The molecular weight excluding hydrogens is 605 g/mol. The molecule has 9 aromatic rings. The highest BCUT2D eigenvalue weighted by atomic mass is 15.1. The molecule has 0 amide bonds. The van der Waals surface area contributed by atoms with Gasteiger partial charge >= 0.3 is 0 Å². The van der Waals surface area contributed by atoms with Gasteiger partial charge in [-0.2, -0.15) is 0 Å². The number of hydrogen-bond donors (Lipinski definition) is 0. The van der Waals surface area contributed by atoms with Crippen LogP contribution in [0.25, 0.3) is 60.9 Å². The fraction of sp³-hybridized carbons (Fsp3) is 0. The third-order valence-corrected chi connectivity index (χ3v) is 9.56. The van der Waals surface area contributed by atoms with Crippen molar-refractivity contribution in [1.82, 2.24) is 4.57 Å². The van der Waals surface area contributed by atoms with Gasteiger partial charge in [0.25, 0.3) is 0 Å². The smallest absolute Gasteiger partial charge is 0.0619 e. The molecule has 0 atom stereocenters. The SMILES string of the molecule is c1ccc(-c2c(-c3ccccc3)n(-c3ccc4ccccc4c3)c3cc(-c4ccc(N(c5ccccc5)c5ccccc5)cc4)ccc23)cc1. The van der Waals surface area contributed by atoms with Gasteiger partial charge in [-0.3, -0.25) is 0 Å². The van der Waals surface area contributed by atoms with Crippen molar-refractivity contribution in [1.29, 1.82) is 0 Å². The number of para-hydroxylation sites is 2. The molecule has 0 N–H and O–H groups in total. The minimum atomic E-state index is 1.12. The highest BCUT2D eigenvalue weighted by Crippen LogP contribution is 2.44. The van der Waals surface area contributed by atoms with Gasteiger partial charge in [0.15, 0.2) is 0 Å². The molecule has 2 nitrogen and oxygen atoms in total. The van der Waals surface area contributed by atoms with Crippen molar-refractivity contribution in [3.05, 3.63) is 206 Å². The van der Waals surface area contributed by atoms with E-state index in [2.05, 4.69) is 216 Å². The summed E-state index contributed by atoms with van der Waals surface area (Å²) in [6.07, 6.45) is 0. The van der Waals surface area contributed by atoms with Crippen LogP contribution in [0.1, 0.15) is 0 Å². The van der Waals surface area contributed by atoms with E-state index >= 15 is 0 Å². The van der Waals surface area contributed by atoms with Crippen LogP contribution >= 0.6 is 0 Å². The summed E-state index contributed by atoms with van der Waals surface area (Å²) in [5, 5.41) is 3.68. The third-order valence-electron chi connectivity index (χ3n) is 9.56. The molecule has 0 spiro atoms. The lowest BCUT2D eigenvalue weighted by atomic mass is 9.97. The molecule has 1 heterocycles. The number of anilines is 3. The summed E-state index contributed by atoms with van der Waals surface area (Å²) in [5.41, 5.74) is 12.9. The van der Waals surface area contributed by atoms with Crippen LogP contribution < -0.4 is 4.90 Å². The monoisotopic (exact) mass is 638 g/mol. The second-order valence-corrected chi connectivity index (χ2v) is 12.6. The summed E-state index contributed by atoms with van der Waals surface area (Å²) in [4.78, 5) is 2.30. The number of aromatic nitrogens is 1. The van der Waals surface area contributed by atoms with E-state index in [9.17, 15) is 0 Å². The van der Waals surface area contributed by atoms with Crippen LogP contribution in [-0.4, -0.2) is 4.57 Å². The fourth-order valence-electron chi connectivity index (χ4n) is 7.22. The van der Waals surface area contributed by atoms with Crippen LogP contribution in [0.3, 0.4) is 0 Å². The Bertz CT molecular complexity index is 2510. The molecule has 1 aromatic heterocycles. The summed E-state index contributed by atoms with van der Waals surface area (Å²) in [6, 6.07) is 74.0. The van der Waals surface area contributed by atoms with Crippen molar-refractivity contribution in [2.24, 2.45) is 0 Å². The molecule has 0 aliphatic heterocycles. The topological polar surface area (TPSA) is 8.17 Å². The van der Waals surface area contributed by atoms with Gasteiger partial charge in [0.2, 0.25) is 0 Å². The molecule has 8 aromatic carbocycles. The van der Waals surface area contributed by atoms with Gasteiger partial charge < -0.3 is 9.47 Å². The van der Waals surface area contributed by atoms with Crippen LogP contribution in [0.2, 0.25) is 0 Å². The highest BCUT2D eigenvalue weighted by Gasteiger charge is 2.22. The zero-order valence-electron chi connectivity index (χ0n) is 27.5. The first kappa shape index (κ1) is 29.5. The van der Waals surface area contributed by atoms with Gasteiger partial charge in [0.05, 0.1) is 11.2 Å². The minimum Gasteiger partial charge on any atom is -0.311 e. The summed E-state index contributed by atoms with van der Waals surface area (Å²) in [7, 11) is 0. The normalized spacial score (nSPS) is 11.2. The second-order valence-electron chi connectivity index (χ2n) is 12.6. The molecule has 9 rings (SSSR count).